The van der Waals surface area contributed by atoms with Crippen LogP contribution in [0.5, 0.6) is 0 Å². The van der Waals surface area contributed by atoms with Gasteiger partial charge in [-0.2, -0.15) is 0 Å². The Morgan fingerprint density at radius 3 is 2.05 bits per heavy atom. The van der Waals surface area contributed by atoms with Gasteiger partial charge in [-0.3, -0.25) is 4.79 Å². The highest BCUT2D eigenvalue weighted by atomic mass is 16.5. The molecule has 20 heavy (non-hydrogen) atoms. The third-order valence-corrected chi connectivity index (χ3v) is 3.95. The second kappa shape index (κ2) is 5.49. The van der Waals surface area contributed by atoms with Gasteiger partial charge in [-0.05, 0) is 24.5 Å². The Kier molecular flexibility index (Phi) is 3.55. The summed E-state index contributed by atoms with van der Waals surface area (Å²) < 4.78 is 5.47. The first-order valence-corrected chi connectivity index (χ1v) is 7.06. The van der Waals surface area contributed by atoms with Crippen molar-refractivity contribution in [2.45, 2.75) is 31.3 Å². The summed E-state index contributed by atoms with van der Waals surface area (Å²) in [6.07, 6.45) is 0.850. The molecule has 3 rings (SSSR count). The van der Waals surface area contributed by atoms with Gasteiger partial charge in [0.2, 0.25) is 0 Å². The van der Waals surface area contributed by atoms with Crippen LogP contribution in [0.3, 0.4) is 0 Å². The summed E-state index contributed by atoms with van der Waals surface area (Å²) >= 11 is 0. The highest BCUT2D eigenvalue weighted by Gasteiger charge is 2.38. The third-order valence-electron chi connectivity index (χ3n) is 3.95. The van der Waals surface area contributed by atoms with Gasteiger partial charge in [0.15, 0.2) is 0 Å². The van der Waals surface area contributed by atoms with Crippen molar-refractivity contribution in [3.8, 4) is 0 Å². The molecule has 2 nitrogen and oxygen atoms in total. The molecule has 102 valence electrons. The SMILES string of the molecule is C[C@H]1C[C@@H](c2ccccc2)[C@@H](c2ccccc2)C(=O)O1. The van der Waals surface area contributed by atoms with Crippen LogP contribution in [0.4, 0.5) is 0 Å². The Hall–Kier alpha value is -2.09. The van der Waals surface area contributed by atoms with Crippen LogP contribution >= 0.6 is 0 Å². The van der Waals surface area contributed by atoms with Crippen molar-refractivity contribution in [2.75, 3.05) is 0 Å². The van der Waals surface area contributed by atoms with Crippen LogP contribution in [0.1, 0.15) is 36.3 Å². The van der Waals surface area contributed by atoms with Gasteiger partial charge in [0.25, 0.3) is 0 Å². The van der Waals surface area contributed by atoms with Crippen LogP contribution in [0, 0.1) is 0 Å². The molecule has 0 aromatic heterocycles. The minimum Gasteiger partial charge on any atom is -0.462 e. The first-order valence-electron chi connectivity index (χ1n) is 7.06. The van der Waals surface area contributed by atoms with E-state index in [0.29, 0.717) is 0 Å². The van der Waals surface area contributed by atoms with Crippen LogP contribution < -0.4 is 0 Å². The first kappa shape index (κ1) is 12.9. The zero-order valence-electron chi connectivity index (χ0n) is 11.5. The number of cyclic esters (lactones) is 1. The Morgan fingerprint density at radius 2 is 1.45 bits per heavy atom. The van der Waals surface area contributed by atoms with Gasteiger partial charge in [-0.15, -0.1) is 0 Å². The van der Waals surface area contributed by atoms with E-state index >= 15 is 0 Å². The predicted molar refractivity (Wildman–Crippen MR) is 78.5 cm³/mol. The summed E-state index contributed by atoms with van der Waals surface area (Å²) in [7, 11) is 0. The van der Waals surface area contributed by atoms with E-state index in [2.05, 4.69) is 12.1 Å². The summed E-state index contributed by atoms with van der Waals surface area (Å²) in [6.45, 7) is 1.97. The van der Waals surface area contributed by atoms with E-state index in [1.165, 1.54) is 5.56 Å². The van der Waals surface area contributed by atoms with E-state index in [9.17, 15) is 4.79 Å². The number of ether oxygens (including phenoxy) is 1. The van der Waals surface area contributed by atoms with Crippen LogP contribution in [0.2, 0.25) is 0 Å². The van der Waals surface area contributed by atoms with E-state index in [1.54, 1.807) is 0 Å². The minimum absolute atomic E-state index is 0.0207. The Labute approximate surface area is 119 Å². The van der Waals surface area contributed by atoms with E-state index in [-0.39, 0.29) is 23.9 Å². The zero-order valence-corrected chi connectivity index (χ0v) is 11.5. The summed E-state index contributed by atoms with van der Waals surface area (Å²) in [5.74, 6) is -0.117. The molecular formula is C18H18O2. The number of rotatable bonds is 2. The molecule has 1 fully saturated rings. The molecule has 0 bridgehead atoms. The highest BCUT2D eigenvalue weighted by Crippen LogP contribution is 2.41. The normalized spacial score (nSPS) is 26.1. The predicted octanol–water partition coefficient (Wildman–Crippen LogP) is 3.89. The van der Waals surface area contributed by atoms with Crippen molar-refractivity contribution in [3.05, 3.63) is 71.8 Å². The molecule has 0 N–H and O–H groups in total. The van der Waals surface area contributed by atoms with E-state index in [4.69, 9.17) is 4.74 Å². The lowest BCUT2D eigenvalue weighted by atomic mass is 9.77. The third kappa shape index (κ3) is 2.46. The van der Waals surface area contributed by atoms with E-state index < -0.39 is 0 Å². The number of carbonyl (C=O) groups excluding carboxylic acids is 1. The monoisotopic (exact) mass is 266 g/mol. The Bertz CT molecular complexity index is 577. The zero-order chi connectivity index (χ0) is 13.9. The smallest absolute Gasteiger partial charge is 0.314 e. The number of carbonyl (C=O) groups is 1. The number of benzene rings is 2. The molecule has 0 aliphatic carbocycles. The maximum Gasteiger partial charge on any atom is 0.314 e. The molecule has 0 radical (unpaired) electrons. The number of esters is 1. The average molecular weight is 266 g/mol. The standard InChI is InChI=1S/C18H18O2/c1-13-12-16(14-8-4-2-5-9-14)17(18(19)20-13)15-10-6-3-7-11-15/h2-11,13,16-17H,12H2,1H3/t13-,16-,17+/m0/s1. The second-order valence-electron chi connectivity index (χ2n) is 5.39. The molecule has 1 aliphatic rings. The van der Waals surface area contributed by atoms with Crippen LogP contribution in [0.25, 0.3) is 0 Å². The molecule has 0 saturated carbocycles. The summed E-state index contributed by atoms with van der Waals surface area (Å²) in [4.78, 5) is 12.4. The van der Waals surface area contributed by atoms with Gasteiger partial charge in [0.05, 0.1) is 12.0 Å². The van der Waals surface area contributed by atoms with Crippen molar-refractivity contribution in [3.63, 3.8) is 0 Å². The maximum atomic E-state index is 12.4. The molecule has 2 aromatic carbocycles. The molecular weight excluding hydrogens is 248 g/mol. The van der Waals surface area contributed by atoms with E-state index in [0.717, 1.165) is 12.0 Å². The summed E-state index contributed by atoms with van der Waals surface area (Å²) in [6, 6.07) is 20.2. The molecule has 2 heteroatoms. The highest BCUT2D eigenvalue weighted by molar-refractivity contribution is 5.80. The Morgan fingerprint density at radius 1 is 0.900 bits per heavy atom. The molecule has 0 spiro atoms. The molecule has 1 saturated heterocycles. The van der Waals surface area contributed by atoms with Gasteiger partial charge in [0.1, 0.15) is 0 Å². The topological polar surface area (TPSA) is 26.3 Å². The summed E-state index contributed by atoms with van der Waals surface area (Å²) in [5.41, 5.74) is 2.25. The largest absolute Gasteiger partial charge is 0.462 e. The lowest BCUT2D eigenvalue weighted by molar-refractivity contribution is -0.156. The summed E-state index contributed by atoms with van der Waals surface area (Å²) in [5, 5.41) is 0. The molecule has 2 aromatic rings. The van der Waals surface area contributed by atoms with Crippen LogP contribution in [0.15, 0.2) is 60.7 Å². The molecule has 0 amide bonds. The molecule has 1 aliphatic heterocycles. The van der Waals surface area contributed by atoms with Crippen LogP contribution in [-0.4, -0.2) is 12.1 Å². The van der Waals surface area contributed by atoms with Gasteiger partial charge >= 0.3 is 5.97 Å². The fourth-order valence-corrected chi connectivity index (χ4v) is 3.04. The molecule has 3 atom stereocenters. The van der Waals surface area contributed by atoms with Crippen molar-refractivity contribution < 1.29 is 9.53 Å². The van der Waals surface area contributed by atoms with Crippen molar-refractivity contribution in [2.24, 2.45) is 0 Å². The molecule has 0 unspecified atom stereocenters. The number of hydrogen-bond acceptors (Lipinski definition) is 2. The van der Waals surface area contributed by atoms with Crippen LogP contribution in [-0.2, 0) is 9.53 Å². The van der Waals surface area contributed by atoms with Gasteiger partial charge in [-0.25, -0.2) is 0 Å². The van der Waals surface area contributed by atoms with Crippen molar-refractivity contribution >= 4 is 5.97 Å². The van der Waals surface area contributed by atoms with Gasteiger partial charge < -0.3 is 4.74 Å². The fourth-order valence-electron chi connectivity index (χ4n) is 3.04. The second-order valence-corrected chi connectivity index (χ2v) is 5.39. The lowest BCUT2D eigenvalue weighted by Gasteiger charge is -2.34. The van der Waals surface area contributed by atoms with Crippen molar-refractivity contribution in [1.82, 2.24) is 0 Å². The van der Waals surface area contributed by atoms with Crippen molar-refractivity contribution in [1.29, 1.82) is 0 Å². The quantitative estimate of drug-likeness (QED) is 0.771. The average Bonchev–Trinajstić information content (AvgIpc) is 2.48. The lowest BCUT2D eigenvalue weighted by Crippen LogP contribution is -2.34. The molecule has 1 heterocycles. The maximum absolute atomic E-state index is 12.4. The Balaban J connectivity index is 2.01. The fraction of sp³-hybridized carbons (Fsp3) is 0.278. The number of hydrogen-bond donors (Lipinski definition) is 0. The van der Waals surface area contributed by atoms with E-state index in [1.807, 2.05) is 55.5 Å². The minimum atomic E-state index is -0.199. The first-order chi connectivity index (χ1) is 9.75. The van der Waals surface area contributed by atoms with Gasteiger partial charge in [-0.1, -0.05) is 60.7 Å². The van der Waals surface area contributed by atoms with Gasteiger partial charge in [0, 0.05) is 5.92 Å².